The third-order valence-electron chi connectivity index (χ3n) is 8.14. The van der Waals surface area contributed by atoms with Crippen LogP contribution in [0.25, 0.3) is 0 Å². The van der Waals surface area contributed by atoms with Crippen molar-refractivity contribution in [2.75, 3.05) is 0 Å². The van der Waals surface area contributed by atoms with E-state index in [1.54, 1.807) is 6.92 Å². The van der Waals surface area contributed by atoms with Crippen LogP contribution in [0.4, 0.5) is 0 Å². The van der Waals surface area contributed by atoms with E-state index in [0.717, 1.165) is 51.4 Å². The third kappa shape index (κ3) is 16.8. The predicted molar refractivity (Wildman–Crippen MR) is 151 cm³/mol. The molecule has 5 nitrogen and oxygen atoms in total. The molecular weight excluding hydrogens is 452 g/mol. The Morgan fingerprint density at radius 2 is 1.31 bits per heavy atom. The van der Waals surface area contributed by atoms with Crippen molar-refractivity contribution in [3.05, 3.63) is 11.6 Å². The molecule has 0 saturated carbocycles. The van der Waals surface area contributed by atoms with Crippen molar-refractivity contribution in [1.29, 1.82) is 0 Å². The van der Waals surface area contributed by atoms with Crippen LogP contribution >= 0.6 is 0 Å². The molecule has 0 rings (SSSR count). The number of aliphatic carboxylic acids is 1. The zero-order valence-electron chi connectivity index (χ0n) is 24.9. The molecule has 214 valence electrons. The largest absolute Gasteiger partial charge is 0.481 e. The number of rotatable bonds is 21. The fraction of sp³-hybridized carbons (Fsp3) is 0.903. The van der Waals surface area contributed by atoms with Gasteiger partial charge in [0.05, 0.1) is 23.2 Å². The van der Waals surface area contributed by atoms with Crippen LogP contribution in [0.1, 0.15) is 139 Å². The van der Waals surface area contributed by atoms with Crippen molar-refractivity contribution < 1.29 is 25.2 Å². The molecule has 0 aliphatic rings. The van der Waals surface area contributed by atoms with Crippen molar-refractivity contribution >= 4 is 5.97 Å². The lowest BCUT2D eigenvalue weighted by atomic mass is 9.85. The Kier molecular flexibility index (Phi) is 17.1. The average molecular weight is 513 g/mol. The van der Waals surface area contributed by atoms with Crippen LogP contribution in [0.2, 0.25) is 0 Å². The van der Waals surface area contributed by atoms with Gasteiger partial charge in [-0.15, -0.1) is 0 Å². The molecule has 0 spiro atoms. The lowest BCUT2D eigenvalue weighted by molar-refractivity contribution is -0.141. The van der Waals surface area contributed by atoms with Crippen molar-refractivity contribution in [1.82, 2.24) is 0 Å². The molecule has 36 heavy (non-hydrogen) atoms. The van der Waals surface area contributed by atoms with Crippen LogP contribution in [0.3, 0.4) is 0 Å². The summed E-state index contributed by atoms with van der Waals surface area (Å²) in [4.78, 5) is 10.9. The van der Waals surface area contributed by atoms with Crippen molar-refractivity contribution in [3.63, 3.8) is 0 Å². The van der Waals surface area contributed by atoms with Crippen molar-refractivity contribution in [2.45, 2.75) is 156 Å². The fourth-order valence-electron chi connectivity index (χ4n) is 4.82. The Morgan fingerprint density at radius 3 is 1.78 bits per heavy atom. The van der Waals surface area contributed by atoms with Crippen molar-refractivity contribution in [3.8, 4) is 0 Å². The number of allylic oxidation sites excluding steroid dienone is 1. The first-order valence-electron chi connectivity index (χ1n) is 14.7. The number of carboxylic acids is 1. The molecule has 0 aliphatic carbocycles. The van der Waals surface area contributed by atoms with Gasteiger partial charge in [0.15, 0.2) is 0 Å². The lowest BCUT2D eigenvalue weighted by Crippen LogP contribution is -2.28. The van der Waals surface area contributed by atoms with E-state index >= 15 is 0 Å². The Balaban J connectivity index is 4.36. The molecule has 0 aromatic carbocycles. The maximum Gasteiger partial charge on any atom is 0.306 e. The first kappa shape index (κ1) is 35.1. The van der Waals surface area contributed by atoms with Gasteiger partial charge in [0.2, 0.25) is 0 Å². The second-order valence-corrected chi connectivity index (χ2v) is 12.7. The molecule has 0 fully saturated rings. The van der Waals surface area contributed by atoms with E-state index in [2.05, 4.69) is 40.7 Å². The summed E-state index contributed by atoms with van der Waals surface area (Å²) in [6, 6.07) is 0. The Morgan fingerprint density at radius 1 is 0.806 bits per heavy atom. The summed E-state index contributed by atoms with van der Waals surface area (Å²) in [6.45, 7) is 16.3. The van der Waals surface area contributed by atoms with Gasteiger partial charge in [-0.25, -0.2) is 0 Å². The maximum absolute atomic E-state index is 10.9. The van der Waals surface area contributed by atoms with E-state index in [-0.39, 0.29) is 17.9 Å². The molecule has 0 aromatic rings. The van der Waals surface area contributed by atoms with Crippen LogP contribution < -0.4 is 0 Å². The van der Waals surface area contributed by atoms with Gasteiger partial charge in [0.1, 0.15) is 0 Å². The first-order chi connectivity index (χ1) is 16.6. The lowest BCUT2D eigenvalue weighted by Gasteiger charge is -2.28. The van der Waals surface area contributed by atoms with Gasteiger partial charge in [-0.2, -0.15) is 0 Å². The van der Waals surface area contributed by atoms with Gasteiger partial charge >= 0.3 is 5.97 Å². The number of hydrogen-bond acceptors (Lipinski definition) is 4. The van der Waals surface area contributed by atoms with E-state index in [4.69, 9.17) is 5.11 Å². The Labute approximate surface area is 222 Å². The summed E-state index contributed by atoms with van der Waals surface area (Å²) >= 11 is 0. The van der Waals surface area contributed by atoms with Gasteiger partial charge in [-0.05, 0) is 95.8 Å². The highest BCUT2D eigenvalue weighted by atomic mass is 16.4. The molecule has 0 aromatic heterocycles. The molecule has 0 radical (unpaired) electrons. The molecule has 5 heteroatoms. The van der Waals surface area contributed by atoms with E-state index < -0.39 is 17.2 Å². The summed E-state index contributed by atoms with van der Waals surface area (Å²) in [5, 5.41) is 41.0. The van der Waals surface area contributed by atoms with Gasteiger partial charge in [-0.3, -0.25) is 4.79 Å². The molecule has 0 amide bonds. The highest BCUT2D eigenvalue weighted by Crippen LogP contribution is 2.28. The Bertz CT molecular complexity index is 622. The van der Waals surface area contributed by atoms with E-state index in [1.165, 1.54) is 5.57 Å². The highest BCUT2D eigenvalue weighted by molar-refractivity contribution is 5.69. The summed E-state index contributed by atoms with van der Waals surface area (Å²) in [5.41, 5.74) is -0.161. The van der Waals surface area contributed by atoms with Crippen LogP contribution in [-0.4, -0.2) is 43.7 Å². The van der Waals surface area contributed by atoms with Crippen LogP contribution in [0.15, 0.2) is 11.6 Å². The second kappa shape index (κ2) is 17.6. The van der Waals surface area contributed by atoms with Gasteiger partial charge in [-0.1, -0.05) is 72.5 Å². The van der Waals surface area contributed by atoms with E-state index in [9.17, 15) is 20.1 Å². The normalized spacial score (nSPS) is 19.4. The topological polar surface area (TPSA) is 98.0 Å². The fourth-order valence-corrected chi connectivity index (χ4v) is 4.82. The SMILES string of the molecule is CCC/C(=C\C(O)C(C)C(C)C)CCC(C)CCCC(C)(O)CCCC(C)(O)CCCC(C)C(=O)O. The number of aliphatic hydroxyl groups is 3. The standard InChI is InChI=1S/C31H60O5/c1-9-13-27(22-28(32)26(6)23(2)3)17-16-24(4)14-10-18-30(7,35)20-12-21-31(8,36)19-11-15-25(5)29(33)34/h22-26,28,32,35-36H,9-21H2,1-8H3,(H,33,34)/b27-22+. The van der Waals surface area contributed by atoms with Gasteiger partial charge in [0, 0.05) is 0 Å². The number of aliphatic hydroxyl groups excluding tert-OH is 1. The maximum atomic E-state index is 10.9. The minimum atomic E-state index is -0.812. The molecular formula is C31H60O5. The zero-order valence-corrected chi connectivity index (χ0v) is 24.9. The van der Waals surface area contributed by atoms with Crippen LogP contribution in [-0.2, 0) is 4.79 Å². The molecule has 6 unspecified atom stereocenters. The smallest absolute Gasteiger partial charge is 0.306 e. The molecule has 4 N–H and O–H groups in total. The summed E-state index contributed by atoms with van der Waals surface area (Å²) in [6.07, 6.45) is 12.8. The highest BCUT2D eigenvalue weighted by Gasteiger charge is 2.25. The van der Waals surface area contributed by atoms with Crippen LogP contribution in [0, 0.1) is 23.7 Å². The summed E-state index contributed by atoms with van der Waals surface area (Å²) in [7, 11) is 0. The Hall–Kier alpha value is -0.910. The van der Waals surface area contributed by atoms with E-state index in [1.807, 2.05) is 13.8 Å². The van der Waals surface area contributed by atoms with Gasteiger partial charge in [0.25, 0.3) is 0 Å². The van der Waals surface area contributed by atoms with E-state index in [0.29, 0.717) is 43.9 Å². The number of hydrogen-bond donors (Lipinski definition) is 4. The second-order valence-electron chi connectivity index (χ2n) is 12.7. The number of carboxylic acid groups (broad SMARTS) is 1. The molecule has 6 atom stereocenters. The third-order valence-corrected chi connectivity index (χ3v) is 8.14. The summed E-state index contributed by atoms with van der Waals surface area (Å²) < 4.78 is 0. The molecule has 0 bridgehead atoms. The molecule has 0 saturated heterocycles. The van der Waals surface area contributed by atoms with Crippen molar-refractivity contribution in [2.24, 2.45) is 23.7 Å². The predicted octanol–water partition coefficient (Wildman–Crippen LogP) is 7.52. The average Bonchev–Trinajstić information content (AvgIpc) is 2.76. The number of carbonyl (C=O) groups is 1. The zero-order chi connectivity index (χ0) is 27.9. The minimum absolute atomic E-state index is 0.265. The van der Waals surface area contributed by atoms with Gasteiger partial charge < -0.3 is 20.4 Å². The molecule has 0 aliphatic heterocycles. The summed E-state index contributed by atoms with van der Waals surface area (Å²) in [5.74, 6) is 0.145. The quantitative estimate of drug-likeness (QED) is 0.119. The van der Waals surface area contributed by atoms with Crippen LogP contribution in [0.5, 0.6) is 0 Å². The first-order valence-corrected chi connectivity index (χ1v) is 14.7. The molecule has 0 heterocycles. The minimum Gasteiger partial charge on any atom is -0.481 e. The monoisotopic (exact) mass is 512 g/mol.